The zero-order valence-electron chi connectivity index (χ0n) is 11.8. The summed E-state index contributed by atoms with van der Waals surface area (Å²) >= 11 is 0. The van der Waals surface area contributed by atoms with E-state index in [0.717, 1.165) is 24.3 Å². The summed E-state index contributed by atoms with van der Waals surface area (Å²) < 4.78 is 39.7. The molecule has 0 radical (unpaired) electrons. The minimum atomic E-state index is -1.51. The fourth-order valence-corrected chi connectivity index (χ4v) is 1.97. The highest BCUT2D eigenvalue weighted by molar-refractivity contribution is 5.98. The van der Waals surface area contributed by atoms with Crippen molar-refractivity contribution >= 4 is 11.6 Å². The van der Waals surface area contributed by atoms with Crippen LogP contribution in [0.5, 0.6) is 0 Å². The maximum atomic E-state index is 13.7. The molecular formula is C15H8F3N3O3. The van der Waals surface area contributed by atoms with Crippen LogP contribution < -0.4 is 5.32 Å². The number of nitriles is 1. The largest absolute Gasteiger partial charge is 0.332 e. The number of hydrogen-bond donors (Lipinski definition) is 1. The summed E-state index contributed by atoms with van der Waals surface area (Å²) in [6.45, 7) is 0. The molecule has 0 aromatic heterocycles. The normalized spacial score (nSPS) is 11.4. The SMILES string of the molecule is N#C[C@@H](NC(=O)c1ccc(F)cc1[N+](=O)[O-])c1ccc(F)cc1F. The molecule has 0 aliphatic heterocycles. The standard InChI is InChI=1S/C15H8F3N3O3/c16-8-1-3-10(12(18)5-8)13(7-19)20-15(22)11-4-2-9(17)6-14(11)21(23)24/h1-6,13H,(H,20,22)/t13-/m1/s1. The van der Waals surface area contributed by atoms with Gasteiger partial charge in [-0.2, -0.15) is 5.26 Å². The van der Waals surface area contributed by atoms with Gasteiger partial charge in [0.1, 0.15) is 29.1 Å². The van der Waals surface area contributed by atoms with E-state index in [1.54, 1.807) is 6.07 Å². The summed E-state index contributed by atoms with van der Waals surface area (Å²) in [4.78, 5) is 22.0. The monoisotopic (exact) mass is 335 g/mol. The summed E-state index contributed by atoms with van der Waals surface area (Å²) in [6, 6.07) is 4.75. The van der Waals surface area contributed by atoms with Gasteiger partial charge >= 0.3 is 0 Å². The number of nitrogens with one attached hydrogen (secondary N) is 1. The quantitative estimate of drug-likeness (QED) is 0.686. The molecule has 0 saturated heterocycles. The van der Waals surface area contributed by atoms with Gasteiger partial charge in [-0.05, 0) is 18.2 Å². The lowest BCUT2D eigenvalue weighted by molar-refractivity contribution is -0.385. The summed E-state index contributed by atoms with van der Waals surface area (Å²) in [5.41, 5.74) is -1.61. The van der Waals surface area contributed by atoms with Crippen molar-refractivity contribution in [3.05, 3.63) is 75.1 Å². The number of amides is 1. The number of carbonyl (C=O) groups is 1. The van der Waals surface area contributed by atoms with Gasteiger partial charge in [0, 0.05) is 11.6 Å². The highest BCUT2D eigenvalue weighted by Gasteiger charge is 2.25. The van der Waals surface area contributed by atoms with Gasteiger partial charge in [-0.1, -0.05) is 6.07 Å². The van der Waals surface area contributed by atoms with Crippen molar-refractivity contribution in [2.45, 2.75) is 6.04 Å². The lowest BCUT2D eigenvalue weighted by Gasteiger charge is -2.13. The van der Waals surface area contributed by atoms with Crippen molar-refractivity contribution < 1.29 is 22.9 Å². The molecule has 9 heteroatoms. The Morgan fingerprint density at radius 2 is 1.79 bits per heavy atom. The van der Waals surface area contributed by atoms with Crippen molar-refractivity contribution in [2.24, 2.45) is 0 Å². The van der Waals surface area contributed by atoms with E-state index in [9.17, 15) is 28.1 Å². The summed E-state index contributed by atoms with van der Waals surface area (Å²) in [5.74, 6) is -3.92. The zero-order valence-corrected chi connectivity index (χ0v) is 11.8. The third-order valence-corrected chi connectivity index (χ3v) is 3.08. The van der Waals surface area contributed by atoms with Crippen LogP contribution in [0.25, 0.3) is 0 Å². The summed E-state index contributed by atoms with van der Waals surface area (Å²) in [5, 5.41) is 22.0. The van der Waals surface area contributed by atoms with Crippen LogP contribution in [0, 0.1) is 38.9 Å². The van der Waals surface area contributed by atoms with Crippen molar-refractivity contribution in [1.82, 2.24) is 5.32 Å². The lowest BCUT2D eigenvalue weighted by atomic mass is 10.1. The maximum absolute atomic E-state index is 13.7. The smallest absolute Gasteiger partial charge is 0.285 e. The molecule has 0 spiro atoms. The number of carbonyl (C=O) groups excluding carboxylic acids is 1. The average Bonchev–Trinajstić information content (AvgIpc) is 2.52. The molecule has 122 valence electrons. The van der Waals surface area contributed by atoms with Crippen LogP contribution in [0.4, 0.5) is 18.9 Å². The molecule has 0 saturated carbocycles. The Bertz CT molecular complexity index is 865. The van der Waals surface area contributed by atoms with Crippen LogP contribution in [-0.4, -0.2) is 10.8 Å². The van der Waals surface area contributed by atoms with E-state index in [1.165, 1.54) is 0 Å². The van der Waals surface area contributed by atoms with Crippen molar-refractivity contribution in [2.75, 3.05) is 0 Å². The first-order valence-corrected chi connectivity index (χ1v) is 6.43. The molecule has 1 atom stereocenters. The van der Waals surface area contributed by atoms with Crippen LogP contribution in [-0.2, 0) is 0 Å². The van der Waals surface area contributed by atoms with Crippen LogP contribution in [0.15, 0.2) is 36.4 Å². The number of nitro groups is 1. The number of nitro benzene ring substituents is 1. The predicted octanol–water partition coefficient (Wildman–Crippen LogP) is 3.01. The fourth-order valence-electron chi connectivity index (χ4n) is 1.97. The molecule has 2 aromatic rings. The molecule has 0 aliphatic carbocycles. The van der Waals surface area contributed by atoms with Crippen molar-refractivity contribution in [1.29, 1.82) is 5.26 Å². The van der Waals surface area contributed by atoms with Crippen LogP contribution >= 0.6 is 0 Å². The zero-order chi connectivity index (χ0) is 17.9. The van der Waals surface area contributed by atoms with Gasteiger partial charge in [-0.25, -0.2) is 13.2 Å². The molecular weight excluding hydrogens is 327 g/mol. The highest BCUT2D eigenvalue weighted by atomic mass is 19.1. The number of benzene rings is 2. The first kappa shape index (κ1) is 17.0. The van der Waals surface area contributed by atoms with E-state index in [2.05, 4.69) is 5.32 Å². The first-order chi connectivity index (χ1) is 11.3. The second kappa shape index (κ2) is 6.78. The van der Waals surface area contributed by atoms with Gasteiger partial charge in [0.2, 0.25) is 0 Å². The third-order valence-electron chi connectivity index (χ3n) is 3.08. The Morgan fingerprint density at radius 1 is 1.17 bits per heavy atom. The Labute approximate surface area is 133 Å². The molecule has 0 fully saturated rings. The molecule has 24 heavy (non-hydrogen) atoms. The topological polar surface area (TPSA) is 96.0 Å². The van der Waals surface area contributed by atoms with E-state index in [1.807, 2.05) is 0 Å². The second-order valence-corrected chi connectivity index (χ2v) is 4.62. The highest BCUT2D eigenvalue weighted by Crippen LogP contribution is 2.22. The van der Waals surface area contributed by atoms with Gasteiger partial charge in [-0.3, -0.25) is 14.9 Å². The molecule has 0 bridgehead atoms. The number of rotatable bonds is 4. The van der Waals surface area contributed by atoms with E-state index >= 15 is 0 Å². The Morgan fingerprint density at radius 3 is 2.38 bits per heavy atom. The first-order valence-electron chi connectivity index (χ1n) is 6.43. The maximum Gasteiger partial charge on any atom is 0.285 e. The fraction of sp³-hybridized carbons (Fsp3) is 0.0667. The molecule has 1 amide bonds. The Hall–Kier alpha value is -3.41. The molecule has 6 nitrogen and oxygen atoms in total. The molecule has 2 rings (SSSR count). The van der Waals surface area contributed by atoms with Crippen LogP contribution in [0.1, 0.15) is 22.0 Å². The summed E-state index contributed by atoms with van der Waals surface area (Å²) in [6.07, 6.45) is 0. The van der Waals surface area contributed by atoms with Crippen molar-refractivity contribution in [3.63, 3.8) is 0 Å². The Balaban J connectivity index is 2.34. The molecule has 0 heterocycles. The van der Waals surface area contributed by atoms with Gasteiger partial charge in [0.05, 0.1) is 17.1 Å². The van der Waals surface area contributed by atoms with Gasteiger partial charge < -0.3 is 5.32 Å². The lowest BCUT2D eigenvalue weighted by Crippen LogP contribution is -2.29. The number of hydrogen-bond acceptors (Lipinski definition) is 4. The molecule has 0 aliphatic rings. The minimum absolute atomic E-state index is 0.308. The van der Waals surface area contributed by atoms with Gasteiger partial charge in [-0.15, -0.1) is 0 Å². The second-order valence-electron chi connectivity index (χ2n) is 4.62. The van der Waals surface area contributed by atoms with Crippen LogP contribution in [0.2, 0.25) is 0 Å². The van der Waals surface area contributed by atoms with E-state index in [-0.39, 0.29) is 5.56 Å². The Kier molecular flexibility index (Phi) is 4.79. The summed E-state index contributed by atoms with van der Waals surface area (Å²) in [7, 11) is 0. The van der Waals surface area contributed by atoms with E-state index in [0.29, 0.717) is 12.1 Å². The van der Waals surface area contributed by atoms with Crippen LogP contribution in [0.3, 0.4) is 0 Å². The molecule has 0 unspecified atom stereocenters. The van der Waals surface area contributed by atoms with Gasteiger partial charge in [0.25, 0.3) is 11.6 Å². The molecule has 1 N–H and O–H groups in total. The van der Waals surface area contributed by atoms with Gasteiger partial charge in [0.15, 0.2) is 0 Å². The van der Waals surface area contributed by atoms with E-state index in [4.69, 9.17) is 5.26 Å². The number of halogens is 3. The predicted molar refractivity (Wildman–Crippen MR) is 75.2 cm³/mol. The number of nitrogens with zero attached hydrogens (tertiary/aromatic N) is 2. The molecule has 2 aromatic carbocycles. The third kappa shape index (κ3) is 3.49. The van der Waals surface area contributed by atoms with Crippen molar-refractivity contribution in [3.8, 4) is 6.07 Å². The van der Waals surface area contributed by atoms with E-state index < -0.39 is 45.6 Å². The minimum Gasteiger partial charge on any atom is -0.332 e. The average molecular weight is 335 g/mol.